The van der Waals surface area contributed by atoms with E-state index in [-0.39, 0.29) is 17.7 Å². The maximum absolute atomic E-state index is 12.3. The maximum Gasteiger partial charge on any atom is 0.512 e. The molecule has 1 saturated carbocycles. The molecule has 0 amide bonds. The van der Waals surface area contributed by atoms with Gasteiger partial charge in [-0.1, -0.05) is 30.0 Å². The highest BCUT2D eigenvalue weighted by atomic mass is 32.2. The van der Waals surface area contributed by atoms with Crippen LogP contribution in [-0.4, -0.2) is 38.5 Å². The van der Waals surface area contributed by atoms with Crippen LogP contribution in [0, 0.1) is 11.8 Å². The number of nitrogens with zero attached hydrogens (tertiary/aromatic N) is 1. The first-order valence-corrected chi connectivity index (χ1v) is 11.2. The van der Waals surface area contributed by atoms with Gasteiger partial charge >= 0.3 is 6.16 Å². The van der Waals surface area contributed by atoms with Crippen molar-refractivity contribution in [1.82, 2.24) is 4.98 Å². The van der Waals surface area contributed by atoms with Crippen molar-refractivity contribution in [2.75, 3.05) is 5.75 Å². The van der Waals surface area contributed by atoms with Crippen LogP contribution in [0.15, 0.2) is 34.5 Å². The second-order valence-corrected chi connectivity index (χ2v) is 9.39. The molecule has 2 N–H and O–H groups in total. The standard InChI is InChI=1S/C20H27NO5S2/c1-3-4-10-20(2,25)11-5-6-14-7-8-16(22)15(14)9-12-27-18-21-17(13-28-18)26-19(23)24/h3,5-6,13-15,25H,1,4,7-12H2,2H3,(H,23,24)/b6-5+/t14-,15+,20?/m0/s1. The van der Waals surface area contributed by atoms with Gasteiger partial charge in [-0.2, -0.15) is 4.98 Å². The third kappa shape index (κ3) is 7.41. The van der Waals surface area contributed by atoms with E-state index in [4.69, 9.17) is 5.11 Å². The summed E-state index contributed by atoms with van der Waals surface area (Å²) in [6, 6.07) is 0. The zero-order valence-corrected chi connectivity index (χ0v) is 17.6. The summed E-state index contributed by atoms with van der Waals surface area (Å²) in [5.74, 6) is 1.32. The lowest BCUT2D eigenvalue weighted by Crippen LogP contribution is -2.22. The van der Waals surface area contributed by atoms with E-state index >= 15 is 0 Å². The number of carboxylic acid groups (broad SMARTS) is 1. The molecule has 1 heterocycles. The highest BCUT2D eigenvalue weighted by molar-refractivity contribution is 8.01. The number of aromatic nitrogens is 1. The molecular weight excluding hydrogens is 398 g/mol. The molecule has 8 heteroatoms. The number of hydrogen-bond donors (Lipinski definition) is 2. The van der Waals surface area contributed by atoms with Crippen molar-refractivity contribution >= 4 is 35.0 Å². The Morgan fingerprint density at radius 3 is 3.07 bits per heavy atom. The van der Waals surface area contributed by atoms with Crippen LogP contribution in [-0.2, 0) is 4.79 Å². The van der Waals surface area contributed by atoms with Gasteiger partial charge in [-0.25, -0.2) is 4.79 Å². The number of ether oxygens (including phenoxy) is 1. The summed E-state index contributed by atoms with van der Waals surface area (Å²) in [6.45, 7) is 5.51. The van der Waals surface area contributed by atoms with Gasteiger partial charge in [0.05, 0.1) is 11.0 Å². The van der Waals surface area contributed by atoms with Gasteiger partial charge < -0.3 is 14.9 Å². The Hall–Kier alpha value is -1.64. The summed E-state index contributed by atoms with van der Waals surface area (Å²) in [5.41, 5.74) is -0.751. The summed E-state index contributed by atoms with van der Waals surface area (Å²) in [7, 11) is 0. The summed E-state index contributed by atoms with van der Waals surface area (Å²) in [6.07, 6.45) is 8.74. The normalized spacial score (nSPS) is 21.7. The molecule has 3 atom stereocenters. The Labute approximate surface area is 173 Å². The van der Waals surface area contributed by atoms with Gasteiger partial charge in [-0.05, 0) is 44.9 Å². The number of allylic oxidation sites excluding steroid dienone is 2. The molecule has 1 aromatic heterocycles. The monoisotopic (exact) mass is 425 g/mol. The smallest absolute Gasteiger partial charge is 0.449 e. The summed E-state index contributed by atoms with van der Waals surface area (Å²) < 4.78 is 5.25. The Bertz CT molecular complexity index is 713. The second kappa shape index (κ2) is 10.8. The van der Waals surface area contributed by atoms with Crippen molar-refractivity contribution in [3.05, 3.63) is 30.2 Å². The number of carbonyl (C=O) groups is 2. The van der Waals surface area contributed by atoms with Crippen molar-refractivity contribution in [3.8, 4) is 5.88 Å². The quantitative estimate of drug-likeness (QED) is 0.294. The largest absolute Gasteiger partial charge is 0.512 e. The first-order chi connectivity index (χ1) is 13.3. The maximum atomic E-state index is 12.3. The molecule has 1 fully saturated rings. The molecule has 0 saturated heterocycles. The van der Waals surface area contributed by atoms with Crippen LogP contribution in [0.2, 0.25) is 0 Å². The Morgan fingerprint density at radius 2 is 2.36 bits per heavy atom. The molecule has 0 spiro atoms. The van der Waals surface area contributed by atoms with Crippen LogP contribution >= 0.6 is 23.1 Å². The number of thiazole rings is 1. The molecule has 0 aromatic carbocycles. The topological polar surface area (TPSA) is 96.7 Å². The first kappa shape index (κ1) is 22.6. The summed E-state index contributed by atoms with van der Waals surface area (Å²) in [5, 5.41) is 20.5. The SMILES string of the molecule is C=CCCC(C)(O)C/C=C/[C@H]1CCC(=O)[C@@H]1CCSc1nc(OC(=O)O)cs1. The average molecular weight is 426 g/mol. The van der Waals surface area contributed by atoms with Gasteiger partial charge in [0.1, 0.15) is 5.78 Å². The van der Waals surface area contributed by atoms with Gasteiger partial charge in [0.15, 0.2) is 4.34 Å². The predicted molar refractivity (Wildman–Crippen MR) is 111 cm³/mol. The van der Waals surface area contributed by atoms with E-state index in [0.29, 0.717) is 25.0 Å². The van der Waals surface area contributed by atoms with E-state index in [9.17, 15) is 14.7 Å². The molecule has 6 nitrogen and oxygen atoms in total. The lowest BCUT2D eigenvalue weighted by atomic mass is 9.90. The van der Waals surface area contributed by atoms with Crippen LogP contribution in [0.4, 0.5) is 4.79 Å². The highest BCUT2D eigenvalue weighted by Crippen LogP contribution is 2.35. The molecule has 0 aliphatic heterocycles. The fraction of sp³-hybridized carbons (Fsp3) is 0.550. The molecule has 0 bridgehead atoms. The van der Waals surface area contributed by atoms with Gasteiger partial charge in [-0.15, -0.1) is 17.9 Å². The van der Waals surface area contributed by atoms with Gasteiger partial charge in [0.2, 0.25) is 5.88 Å². The number of thioether (sulfide) groups is 1. The van der Waals surface area contributed by atoms with Gasteiger partial charge in [0, 0.05) is 18.1 Å². The second-order valence-electron chi connectivity index (χ2n) is 7.19. The molecule has 154 valence electrons. The Kier molecular flexibility index (Phi) is 8.72. The molecule has 0 radical (unpaired) electrons. The van der Waals surface area contributed by atoms with Crippen molar-refractivity contribution in [2.24, 2.45) is 11.8 Å². The van der Waals surface area contributed by atoms with Crippen LogP contribution in [0.3, 0.4) is 0 Å². The van der Waals surface area contributed by atoms with Crippen LogP contribution in [0.5, 0.6) is 5.88 Å². The first-order valence-electron chi connectivity index (χ1n) is 9.32. The lowest BCUT2D eigenvalue weighted by molar-refractivity contribution is -0.121. The average Bonchev–Trinajstić information content (AvgIpc) is 3.20. The molecule has 2 rings (SSSR count). The number of Topliss-reactive ketones (excluding diaryl/α,β-unsaturated/α-hetero) is 1. The number of hydrogen-bond acceptors (Lipinski definition) is 7. The minimum absolute atomic E-state index is 0.00317. The van der Waals surface area contributed by atoms with E-state index < -0.39 is 11.8 Å². The summed E-state index contributed by atoms with van der Waals surface area (Å²) >= 11 is 2.83. The van der Waals surface area contributed by atoms with Crippen molar-refractivity contribution in [1.29, 1.82) is 0 Å². The van der Waals surface area contributed by atoms with Crippen LogP contribution in [0.1, 0.15) is 45.4 Å². The third-order valence-corrected chi connectivity index (χ3v) is 6.82. The fourth-order valence-electron chi connectivity index (χ4n) is 3.27. The lowest BCUT2D eigenvalue weighted by Gasteiger charge is -2.21. The van der Waals surface area contributed by atoms with E-state index in [2.05, 4.69) is 22.4 Å². The van der Waals surface area contributed by atoms with Gasteiger partial charge in [-0.3, -0.25) is 4.79 Å². The minimum Gasteiger partial charge on any atom is -0.449 e. The molecular formula is C20H27NO5S2. The number of ketones is 1. The molecule has 1 aliphatic carbocycles. The van der Waals surface area contributed by atoms with Crippen molar-refractivity contribution in [3.63, 3.8) is 0 Å². The zero-order valence-electron chi connectivity index (χ0n) is 16.0. The van der Waals surface area contributed by atoms with Crippen molar-refractivity contribution < 1.29 is 24.5 Å². The minimum atomic E-state index is -1.38. The number of aliphatic hydroxyl groups is 1. The van der Waals surface area contributed by atoms with Crippen molar-refractivity contribution in [2.45, 2.75) is 55.4 Å². The van der Waals surface area contributed by atoms with E-state index in [0.717, 1.165) is 29.4 Å². The van der Waals surface area contributed by atoms with E-state index in [1.807, 2.05) is 13.0 Å². The van der Waals surface area contributed by atoms with E-state index in [1.54, 1.807) is 11.5 Å². The molecule has 1 aliphatic rings. The Morgan fingerprint density at radius 1 is 1.57 bits per heavy atom. The third-order valence-electron chi connectivity index (χ3n) is 4.79. The number of rotatable bonds is 11. The highest BCUT2D eigenvalue weighted by Gasteiger charge is 2.32. The zero-order chi connectivity index (χ0) is 20.6. The predicted octanol–water partition coefficient (Wildman–Crippen LogP) is 4.94. The van der Waals surface area contributed by atoms with Gasteiger partial charge in [0.25, 0.3) is 0 Å². The fourth-order valence-corrected chi connectivity index (χ4v) is 5.08. The summed E-state index contributed by atoms with van der Waals surface area (Å²) in [4.78, 5) is 26.9. The molecule has 1 aromatic rings. The number of carbonyl (C=O) groups excluding carboxylic acids is 1. The Balaban J connectivity index is 1.81. The molecule has 28 heavy (non-hydrogen) atoms. The van der Waals surface area contributed by atoms with Crippen LogP contribution in [0.25, 0.3) is 0 Å². The van der Waals surface area contributed by atoms with E-state index in [1.165, 1.54) is 23.1 Å². The van der Waals surface area contributed by atoms with Crippen LogP contribution < -0.4 is 4.74 Å². The molecule has 1 unspecified atom stereocenters.